The van der Waals surface area contributed by atoms with Crippen molar-refractivity contribution in [1.82, 2.24) is 19.9 Å². The third-order valence-corrected chi connectivity index (χ3v) is 7.39. The lowest BCUT2D eigenvalue weighted by molar-refractivity contribution is 0.214. The molecule has 0 aromatic carbocycles. The lowest BCUT2D eigenvalue weighted by Gasteiger charge is -2.40. The number of H-pyrrole nitrogens is 1. The van der Waals surface area contributed by atoms with E-state index >= 15 is 0 Å². The summed E-state index contributed by atoms with van der Waals surface area (Å²) in [4.78, 5) is 29.7. The van der Waals surface area contributed by atoms with Gasteiger partial charge in [0.15, 0.2) is 5.82 Å². The topological polar surface area (TPSA) is 86.4 Å². The van der Waals surface area contributed by atoms with E-state index in [1.165, 1.54) is 12.8 Å². The molecule has 3 aromatic heterocycles. The van der Waals surface area contributed by atoms with Crippen molar-refractivity contribution < 1.29 is 4.74 Å². The summed E-state index contributed by atoms with van der Waals surface area (Å²) in [6.07, 6.45) is 6.55. The summed E-state index contributed by atoms with van der Waals surface area (Å²) < 4.78 is 5.90. The summed E-state index contributed by atoms with van der Waals surface area (Å²) in [5, 5.41) is 4.43. The van der Waals surface area contributed by atoms with Crippen molar-refractivity contribution in [3.63, 3.8) is 0 Å². The summed E-state index contributed by atoms with van der Waals surface area (Å²) in [6.45, 7) is 9.87. The Morgan fingerprint density at radius 1 is 1.11 bits per heavy atom. The number of fused-ring (bicyclic) bond motifs is 1. The summed E-state index contributed by atoms with van der Waals surface area (Å²) in [6, 6.07) is 7.23. The van der Waals surface area contributed by atoms with E-state index in [2.05, 4.69) is 52.2 Å². The first-order valence-electron chi connectivity index (χ1n) is 13.1. The van der Waals surface area contributed by atoms with Gasteiger partial charge >= 0.3 is 0 Å². The number of aromatic amines is 1. The quantitative estimate of drug-likeness (QED) is 0.450. The molecule has 3 heterocycles. The molecular weight excluding hydrogens is 452 g/mol. The standard InChI is InChI=1S/C28H40N6O2/c1-7-34(21-11-9-20(10-12-21)33(5)6)24-16-25(36-8-2)32-26-22(24)13-14-29-27(26)30-17-23-18(3)15-19(4)31-28(23)35/h13-16,20-21H,7-12,17H2,1-6H3,(H,29,30)(H,31,35). The highest BCUT2D eigenvalue weighted by molar-refractivity contribution is 5.98. The number of pyridine rings is 3. The van der Waals surface area contributed by atoms with E-state index in [0.29, 0.717) is 42.5 Å². The van der Waals surface area contributed by atoms with Gasteiger partial charge in [0.1, 0.15) is 5.52 Å². The number of ether oxygens (including phenoxy) is 1. The number of nitrogens with one attached hydrogen (secondary N) is 2. The van der Waals surface area contributed by atoms with Crippen molar-refractivity contribution in [2.75, 3.05) is 37.5 Å². The van der Waals surface area contributed by atoms with E-state index in [1.54, 1.807) is 0 Å². The van der Waals surface area contributed by atoms with Crippen molar-refractivity contribution in [2.45, 2.75) is 72.0 Å². The molecule has 0 unspecified atom stereocenters. The maximum atomic E-state index is 12.5. The Hall–Kier alpha value is -3.13. The molecule has 1 saturated carbocycles. The number of hydrogen-bond donors (Lipinski definition) is 2. The Balaban J connectivity index is 1.70. The van der Waals surface area contributed by atoms with Crippen LogP contribution in [0.5, 0.6) is 5.88 Å². The first-order chi connectivity index (χ1) is 17.3. The van der Waals surface area contributed by atoms with E-state index in [0.717, 1.165) is 47.2 Å². The van der Waals surface area contributed by atoms with Gasteiger partial charge in [0.05, 0.1) is 12.3 Å². The Labute approximate surface area is 214 Å². The zero-order chi connectivity index (χ0) is 25.8. The van der Waals surface area contributed by atoms with Gasteiger partial charge in [-0.2, -0.15) is 0 Å². The smallest absolute Gasteiger partial charge is 0.253 e. The van der Waals surface area contributed by atoms with Crippen LogP contribution in [0.2, 0.25) is 0 Å². The molecule has 8 heteroatoms. The Morgan fingerprint density at radius 2 is 1.83 bits per heavy atom. The molecule has 8 nitrogen and oxygen atoms in total. The zero-order valence-corrected chi connectivity index (χ0v) is 22.5. The third kappa shape index (κ3) is 5.48. The predicted molar refractivity (Wildman–Crippen MR) is 147 cm³/mol. The second kappa shape index (κ2) is 11.3. The van der Waals surface area contributed by atoms with Crippen molar-refractivity contribution >= 4 is 22.4 Å². The lowest BCUT2D eigenvalue weighted by Crippen LogP contribution is -2.42. The highest BCUT2D eigenvalue weighted by Crippen LogP contribution is 2.36. The SMILES string of the molecule is CCOc1cc(N(CC)C2CCC(N(C)C)CC2)c2ccnc(NCc3c(C)cc(C)[nH]c3=O)c2n1. The average Bonchev–Trinajstić information content (AvgIpc) is 2.84. The molecule has 0 saturated heterocycles. The maximum absolute atomic E-state index is 12.5. The second-order valence-electron chi connectivity index (χ2n) is 9.98. The van der Waals surface area contributed by atoms with Crippen LogP contribution in [0.25, 0.3) is 10.9 Å². The molecule has 0 aliphatic heterocycles. The molecule has 0 atom stereocenters. The van der Waals surface area contributed by atoms with Gasteiger partial charge in [0.25, 0.3) is 5.56 Å². The molecule has 0 bridgehead atoms. The van der Waals surface area contributed by atoms with Crippen molar-refractivity contribution in [3.05, 3.63) is 51.6 Å². The van der Waals surface area contributed by atoms with Crippen LogP contribution < -0.4 is 20.5 Å². The van der Waals surface area contributed by atoms with Crippen LogP contribution in [0.15, 0.2) is 29.2 Å². The van der Waals surface area contributed by atoms with E-state index in [4.69, 9.17) is 9.72 Å². The molecule has 0 amide bonds. The van der Waals surface area contributed by atoms with Crippen LogP contribution in [-0.4, -0.2) is 59.2 Å². The second-order valence-corrected chi connectivity index (χ2v) is 9.98. The van der Waals surface area contributed by atoms with Crippen molar-refractivity contribution in [1.29, 1.82) is 0 Å². The number of rotatable bonds is 9. The van der Waals surface area contributed by atoms with Gasteiger partial charge in [-0.15, -0.1) is 0 Å². The summed E-state index contributed by atoms with van der Waals surface area (Å²) in [5.74, 6) is 1.25. The molecule has 194 valence electrons. The first-order valence-corrected chi connectivity index (χ1v) is 13.1. The molecule has 3 aromatic rings. The predicted octanol–water partition coefficient (Wildman–Crippen LogP) is 4.64. The Kier molecular flexibility index (Phi) is 8.14. The van der Waals surface area contributed by atoms with Crippen LogP contribution in [0.1, 0.15) is 56.4 Å². The maximum Gasteiger partial charge on any atom is 0.253 e. The summed E-state index contributed by atoms with van der Waals surface area (Å²) in [7, 11) is 4.36. The third-order valence-electron chi connectivity index (χ3n) is 7.39. The van der Waals surface area contributed by atoms with Crippen LogP contribution in [0, 0.1) is 13.8 Å². The Morgan fingerprint density at radius 3 is 2.47 bits per heavy atom. The summed E-state index contributed by atoms with van der Waals surface area (Å²) >= 11 is 0. The van der Waals surface area contributed by atoms with Crippen molar-refractivity contribution in [3.8, 4) is 5.88 Å². The van der Waals surface area contributed by atoms with Gasteiger partial charge in [-0.1, -0.05) is 0 Å². The lowest BCUT2D eigenvalue weighted by atomic mass is 9.89. The number of aryl methyl sites for hydroxylation is 2. The van der Waals surface area contributed by atoms with E-state index in [1.807, 2.05) is 39.1 Å². The first kappa shape index (κ1) is 25.9. The molecule has 0 radical (unpaired) electrons. The minimum Gasteiger partial charge on any atom is -0.478 e. The van der Waals surface area contributed by atoms with E-state index in [9.17, 15) is 4.79 Å². The van der Waals surface area contributed by atoms with Crippen LogP contribution in [0.3, 0.4) is 0 Å². The van der Waals surface area contributed by atoms with Gasteiger partial charge in [0.2, 0.25) is 5.88 Å². The highest BCUT2D eigenvalue weighted by atomic mass is 16.5. The highest BCUT2D eigenvalue weighted by Gasteiger charge is 2.28. The molecule has 2 N–H and O–H groups in total. The van der Waals surface area contributed by atoms with Crippen LogP contribution >= 0.6 is 0 Å². The van der Waals surface area contributed by atoms with Gasteiger partial charge in [0, 0.05) is 54.1 Å². The van der Waals surface area contributed by atoms with Crippen LogP contribution in [-0.2, 0) is 6.54 Å². The molecule has 1 fully saturated rings. The number of hydrogen-bond acceptors (Lipinski definition) is 7. The average molecular weight is 493 g/mol. The molecule has 0 spiro atoms. The fourth-order valence-corrected chi connectivity index (χ4v) is 5.48. The van der Waals surface area contributed by atoms with Crippen LogP contribution in [0.4, 0.5) is 11.5 Å². The number of anilines is 2. The molecule has 4 rings (SSSR count). The fourth-order valence-electron chi connectivity index (χ4n) is 5.48. The van der Waals surface area contributed by atoms with Gasteiger partial charge < -0.3 is 24.8 Å². The normalized spacial score (nSPS) is 18.0. The number of aromatic nitrogens is 3. The minimum absolute atomic E-state index is 0.0747. The van der Waals surface area contributed by atoms with E-state index < -0.39 is 0 Å². The van der Waals surface area contributed by atoms with E-state index in [-0.39, 0.29) is 5.56 Å². The largest absolute Gasteiger partial charge is 0.478 e. The Bertz CT molecular complexity index is 1250. The molecule has 1 aliphatic carbocycles. The zero-order valence-electron chi connectivity index (χ0n) is 22.5. The van der Waals surface area contributed by atoms with Gasteiger partial charge in [-0.3, -0.25) is 4.79 Å². The monoisotopic (exact) mass is 492 g/mol. The molecule has 36 heavy (non-hydrogen) atoms. The van der Waals surface area contributed by atoms with Gasteiger partial charge in [-0.05, 0) is 85.2 Å². The fraction of sp³-hybridized carbons (Fsp3) is 0.536. The summed E-state index contributed by atoms with van der Waals surface area (Å²) in [5.41, 5.74) is 4.34. The minimum atomic E-state index is -0.0747. The molecule has 1 aliphatic rings. The van der Waals surface area contributed by atoms with Gasteiger partial charge in [-0.25, -0.2) is 9.97 Å². The number of nitrogens with zero attached hydrogens (tertiary/aromatic N) is 4. The van der Waals surface area contributed by atoms with Crippen molar-refractivity contribution in [2.24, 2.45) is 0 Å². The molecular formula is C28H40N6O2.